The molecule has 0 N–H and O–H groups in total. The van der Waals surface area contributed by atoms with Gasteiger partial charge in [0.1, 0.15) is 0 Å². The summed E-state index contributed by atoms with van der Waals surface area (Å²) < 4.78 is 0. The van der Waals surface area contributed by atoms with Gasteiger partial charge in [-0.25, -0.2) is 0 Å². The Morgan fingerprint density at radius 1 is 0.968 bits per heavy atom. The van der Waals surface area contributed by atoms with E-state index in [-0.39, 0.29) is 59.4 Å². The molecule has 0 aromatic heterocycles. The molecule has 157 valence electrons. The normalized spacial score (nSPS) is 13.2. The van der Waals surface area contributed by atoms with Crippen LogP contribution in [0, 0.1) is 6.92 Å². The van der Waals surface area contributed by atoms with E-state index in [4.69, 9.17) is 0 Å². The zero-order valence-electron chi connectivity index (χ0n) is 18.0. The number of aryl methyl sites for hydroxylation is 1. The fourth-order valence-electron chi connectivity index (χ4n) is 3.65. The monoisotopic (exact) mass is 557 g/mol. The molecule has 3 aromatic carbocycles. The van der Waals surface area contributed by atoms with E-state index in [2.05, 4.69) is 105 Å². The van der Waals surface area contributed by atoms with Gasteiger partial charge in [-0.05, 0) is 30.2 Å². The maximum Gasteiger partial charge on any atom is 3.00 e. The molecule has 0 bridgehead atoms. The average molecular weight is 560 g/mol. The standard InChI is InChI=1S/C16H13.C10H12SSi.2ClH.Zr/c1-12-6-2-5-9-16(12)15-10-13-7-3-4-8-14(13)11-15;1-12(2)7-8-5-9-3-4-11-10(9)6-8;;;/h2-11H,1H3;3,5-7H,4H2,1-2H3;2*1H;/q-1;;;;+3/p-2. The number of benzene rings is 2. The molecule has 0 spiro atoms. The van der Waals surface area contributed by atoms with Crippen LogP contribution in [0.5, 0.6) is 0 Å². The minimum atomic E-state index is -0.222. The van der Waals surface area contributed by atoms with Gasteiger partial charge in [0.15, 0.2) is 0 Å². The molecule has 0 atom stereocenters. The molecule has 0 saturated heterocycles. The van der Waals surface area contributed by atoms with Crippen LogP contribution in [0.4, 0.5) is 0 Å². The number of halogens is 2. The molecule has 0 fully saturated rings. The second kappa shape index (κ2) is 13.0. The Morgan fingerprint density at radius 3 is 2.35 bits per heavy atom. The van der Waals surface area contributed by atoms with Crippen molar-refractivity contribution in [1.29, 1.82) is 0 Å². The number of fused-ring (bicyclic) bond motifs is 2. The van der Waals surface area contributed by atoms with Crippen molar-refractivity contribution in [3.05, 3.63) is 101 Å². The van der Waals surface area contributed by atoms with Crippen LogP contribution in [0.25, 0.3) is 21.9 Å². The average Bonchev–Trinajstić information content (AvgIpc) is 3.36. The van der Waals surface area contributed by atoms with Crippen LogP contribution in [0.1, 0.15) is 5.56 Å². The summed E-state index contributed by atoms with van der Waals surface area (Å²) in [5, 5.41) is 2.64. The molecule has 1 aliphatic heterocycles. The molecular formula is C26H25Cl2SSiZr. The van der Waals surface area contributed by atoms with Crippen molar-refractivity contribution in [3.8, 4) is 11.1 Å². The predicted octanol–water partition coefficient (Wildman–Crippen LogP) is 1.16. The summed E-state index contributed by atoms with van der Waals surface area (Å²) in [5.74, 6) is 1.17. The Kier molecular flexibility index (Phi) is 11.8. The third kappa shape index (κ3) is 7.07. The van der Waals surface area contributed by atoms with E-state index in [1.807, 2.05) is 11.8 Å². The van der Waals surface area contributed by atoms with Crippen LogP contribution in [-0.2, 0) is 26.2 Å². The van der Waals surface area contributed by atoms with Gasteiger partial charge in [0, 0.05) is 19.1 Å². The summed E-state index contributed by atoms with van der Waals surface area (Å²) >= 11 is 1.95. The maximum atomic E-state index is 2.41. The van der Waals surface area contributed by atoms with E-state index < -0.39 is 0 Å². The molecule has 1 heterocycles. The number of allylic oxidation sites excluding steroid dienone is 4. The van der Waals surface area contributed by atoms with E-state index in [1.165, 1.54) is 49.3 Å². The molecule has 2 aliphatic rings. The molecule has 31 heavy (non-hydrogen) atoms. The first-order valence-corrected chi connectivity index (χ1v) is 13.3. The molecule has 1 radical (unpaired) electrons. The zero-order chi connectivity index (χ0) is 19.5. The van der Waals surface area contributed by atoms with Gasteiger partial charge in [-0.3, -0.25) is 0 Å². The van der Waals surface area contributed by atoms with Gasteiger partial charge in [-0.1, -0.05) is 78.4 Å². The van der Waals surface area contributed by atoms with Crippen molar-refractivity contribution >= 4 is 36.6 Å². The minimum Gasteiger partial charge on any atom is -1.00 e. The molecular weight excluding hydrogens is 535 g/mol. The van der Waals surface area contributed by atoms with Crippen molar-refractivity contribution in [1.82, 2.24) is 0 Å². The van der Waals surface area contributed by atoms with Crippen molar-refractivity contribution in [3.63, 3.8) is 0 Å². The Morgan fingerprint density at radius 2 is 1.68 bits per heavy atom. The van der Waals surface area contributed by atoms with Crippen LogP contribution in [0.15, 0.2) is 94.9 Å². The number of rotatable bonds is 2. The fourth-order valence-corrected chi connectivity index (χ4v) is 5.46. The summed E-state index contributed by atoms with van der Waals surface area (Å²) in [6.07, 6.45) is 6.95. The Labute approximate surface area is 223 Å². The maximum absolute atomic E-state index is 2.41. The van der Waals surface area contributed by atoms with Gasteiger partial charge in [0.2, 0.25) is 0 Å². The number of hydrogen-bond acceptors (Lipinski definition) is 1. The molecule has 0 saturated carbocycles. The zero-order valence-corrected chi connectivity index (χ0v) is 23.7. The molecule has 5 rings (SSSR count). The first kappa shape index (κ1) is 28.2. The second-order valence-corrected chi connectivity index (χ2v) is 11.0. The van der Waals surface area contributed by atoms with Crippen LogP contribution >= 0.6 is 11.8 Å². The van der Waals surface area contributed by atoms with Crippen LogP contribution in [-0.4, -0.2) is 19.8 Å². The first-order valence-electron chi connectivity index (χ1n) is 9.73. The number of thioether (sulfide) groups is 1. The van der Waals surface area contributed by atoms with E-state index in [9.17, 15) is 0 Å². The smallest absolute Gasteiger partial charge is 1.00 e. The van der Waals surface area contributed by atoms with Gasteiger partial charge < -0.3 is 24.8 Å². The molecule has 0 amide bonds. The SMILES string of the molecule is C[Si](C)=CC1=CC2=CCSC2=C1.Cc1ccccc1-c1cc2ccccc2[cH-]1.[Cl-].[Cl-].[Zr+3]. The van der Waals surface area contributed by atoms with Crippen molar-refractivity contribution in [2.45, 2.75) is 20.0 Å². The first-order chi connectivity index (χ1) is 13.6. The number of hydrogen-bond donors (Lipinski definition) is 0. The molecule has 1 aliphatic carbocycles. The molecule has 0 nitrogen and oxygen atoms in total. The third-order valence-corrected chi connectivity index (χ3v) is 6.88. The summed E-state index contributed by atoms with van der Waals surface area (Å²) in [6.45, 7) is 6.80. The van der Waals surface area contributed by atoms with Gasteiger partial charge in [0.25, 0.3) is 0 Å². The van der Waals surface area contributed by atoms with Crippen LogP contribution in [0.3, 0.4) is 0 Å². The van der Waals surface area contributed by atoms with Gasteiger partial charge in [0.05, 0.1) is 0 Å². The van der Waals surface area contributed by atoms with Crippen LogP contribution in [0.2, 0.25) is 13.1 Å². The summed E-state index contributed by atoms with van der Waals surface area (Å²) in [4.78, 5) is 1.48. The van der Waals surface area contributed by atoms with Gasteiger partial charge >= 0.3 is 26.2 Å². The Hall–Kier alpha value is -0.830. The predicted molar refractivity (Wildman–Crippen MR) is 130 cm³/mol. The largest absolute Gasteiger partial charge is 3.00 e. The molecule has 0 unspecified atom stereocenters. The summed E-state index contributed by atoms with van der Waals surface area (Å²) in [7, 11) is -0.222. The summed E-state index contributed by atoms with van der Waals surface area (Å²) in [6, 6.07) is 21.6. The fraction of sp³-hybridized carbons (Fsp3) is 0.154. The van der Waals surface area contributed by atoms with Crippen LogP contribution < -0.4 is 24.8 Å². The van der Waals surface area contributed by atoms with E-state index in [0.717, 1.165) is 0 Å². The quantitative estimate of drug-likeness (QED) is 0.336. The van der Waals surface area contributed by atoms with E-state index >= 15 is 0 Å². The Bertz CT molecular complexity index is 1120. The Balaban J connectivity index is 0.000000292. The minimum absolute atomic E-state index is 0. The third-order valence-electron chi connectivity index (χ3n) is 4.98. The van der Waals surface area contributed by atoms with E-state index in [1.54, 1.807) is 0 Å². The topological polar surface area (TPSA) is 0 Å². The van der Waals surface area contributed by atoms with Crippen molar-refractivity contribution in [2.75, 3.05) is 5.75 Å². The molecule has 3 aromatic rings. The van der Waals surface area contributed by atoms with Gasteiger partial charge in [-0.15, -0.1) is 46.3 Å². The summed E-state index contributed by atoms with van der Waals surface area (Å²) in [5.41, 5.74) is 9.28. The van der Waals surface area contributed by atoms with E-state index in [0.29, 0.717) is 0 Å². The second-order valence-electron chi connectivity index (χ2n) is 7.53. The van der Waals surface area contributed by atoms with Crippen molar-refractivity contribution in [2.24, 2.45) is 0 Å². The van der Waals surface area contributed by atoms with Gasteiger partial charge in [-0.2, -0.15) is 0 Å². The molecule has 5 heteroatoms. The van der Waals surface area contributed by atoms with Crippen molar-refractivity contribution < 1.29 is 51.0 Å².